The van der Waals surface area contributed by atoms with Crippen LogP contribution in [0, 0.1) is 0 Å². The Morgan fingerprint density at radius 3 is 2.35 bits per heavy atom. The molecule has 0 bridgehead atoms. The number of benzene rings is 1. The first-order valence-corrected chi connectivity index (χ1v) is 5.55. The fourth-order valence-electron chi connectivity index (χ4n) is 1.51. The van der Waals surface area contributed by atoms with Crippen LogP contribution in [0.5, 0.6) is 11.5 Å². The van der Waals surface area contributed by atoms with Crippen LogP contribution in [0.2, 0.25) is 0 Å². The molecule has 0 radical (unpaired) electrons. The molecule has 1 aromatic carbocycles. The van der Waals surface area contributed by atoms with Crippen molar-refractivity contribution in [3.63, 3.8) is 0 Å². The Labute approximate surface area is 100 Å². The molecule has 17 heavy (non-hydrogen) atoms. The molecular weight excluding hydrogens is 222 g/mol. The zero-order chi connectivity index (χ0) is 12.9. The lowest BCUT2D eigenvalue weighted by Gasteiger charge is -2.30. The third-order valence-corrected chi connectivity index (χ3v) is 3.03. The summed E-state index contributed by atoms with van der Waals surface area (Å²) in [7, 11) is 0. The molecular formula is C12H19NO4. The van der Waals surface area contributed by atoms with Gasteiger partial charge in [0.2, 0.25) is 0 Å². The first-order valence-electron chi connectivity index (χ1n) is 5.55. The molecule has 0 aliphatic carbocycles. The van der Waals surface area contributed by atoms with Gasteiger partial charge in [-0.3, -0.25) is 0 Å². The number of nitrogens with one attached hydrogen (secondary N) is 1. The summed E-state index contributed by atoms with van der Waals surface area (Å²) in [6.45, 7) is 1.72. The van der Waals surface area contributed by atoms with Gasteiger partial charge >= 0.3 is 0 Å². The monoisotopic (exact) mass is 241 g/mol. The Morgan fingerprint density at radius 2 is 1.82 bits per heavy atom. The highest BCUT2D eigenvalue weighted by atomic mass is 16.3. The largest absolute Gasteiger partial charge is 0.504 e. The van der Waals surface area contributed by atoms with Gasteiger partial charge in [-0.05, 0) is 12.5 Å². The Bertz CT molecular complexity index is 355. The normalized spacial score (nSPS) is 11.7. The third kappa shape index (κ3) is 3.09. The van der Waals surface area contributed by atoms with Gasteiger partial charge in [0.15, 0.2) is 11.5 Å². The Balaban J connectivity index is 2.75. The van der Waals surface area contributed by atoms with Gasteiger partial charge in [-0.25, -0.2) is 0 Å². The quantitative estimate of drug-likeness (QED) is 0.463. The van der Waals surface area contributed by atoms with Crippen molar-refractivity contribution in [2.75, 3.05) is 13.2 Å². The van der Waals surface area contributed by atoms with Gasteiger partial charge in [0.05, 0.1) is 18.8 Å². The molecule has 5 heteroatoms. The molecule has 0 spiro atoms. The Kier molecular flexibility index (Phi) is 4.74. The number of rotatable bonds is 6. The molecule has 0 atom stereocenters. The molecule has 96 valence electrons. The zero-order valence-corrected chi connectivity index (χ0v) is 9.85. The third-order valence-electron chi connectivity index (χ3n) is 3.03. The summed E-state index contributed by atoms with van der Waals surface area (Å²) in [4.78, 5) is 0. The van der Waals surface area contributed by atoms with E-state index in [0.717, 1.165) is 0 Å². The number of phenolic OH excluding ortho intramolecular Hbond substituents is 2. The summed E-state index contributed by atoms with van der Waals surface area (Å²) in [6.07, 6.45) is 0.555. The number of aliphatic hydroxyl groups excluding tert-OH is 2. The van der Waals surface area contributed by atoms with Gasteiger partial charge in [-0.2, -0.15) is 0 Å². The standard InChI is InChI=1S/C12H19NO4/c1-2-12(7-14,8-15)13-6-9-4-3-5-10(16)11(9)17/h3-5,13-17H,2,6-8H2,1H3. The first-order chi connectivity index (χ1) is 8.08. The average molecular weight is 241 g/mol. The van der Waals surface area contributed by atoms with Crippen LogP contribution in [-0.2, 0) is 6.54 Å². The first kappa shape index (κ1) is 13.8. The van der Waals surface area contributed by atoms with Gasteiger partial charge in [0.1, 0.15) is 0 Å². The molecule has 0 fully saturated rings. The molecule has 1 aromatic rings. The predicted molar refractivity (Wildman–Crippen MR) is 63.8 cm³/mol. The Morgan fingerprint density at radius 1 is 1.18 bits per heavy atom. The molecule has 0 amide bonds. The number of aromatic hydroxyl groups is 2. The summed E-state index contributed by atoms with van der Waals surface area (Å²) < 4.78 is 0. The lowest BCUT2D eigenvalue weighted by atomic mass is 9.98. The molecule has 5 nitrogen and oxygen atoms in total. The van der Waals surface area contributed by atoms with Crippen LogP contribution in [-0.4, -0.2) is 39.2 Å². The van der Waals surface area contributed by atoms with Crippen LogP contribution in [0.15, 0.2) is 18.2 Å². The lowest BCUT2D eigenvalue weighted by molar-refractivity contribution is 0.0862. The number of hydrogen-bond donors (Lipinski definition) is 5. The van der Waals surface area contributed by atoms with Gasteiger partial charge in [-0.1, -0.05) is 19.1 Å². The number of aliphatic hydroxyl groups is 2. The second-order valence-electron chi connectivity index (χ2n) is 4.09. The summed E-state index contributed by atoms with van der Waals surface area (Å²) in [5, 5.41) is 40.4. The SMILES string of the molecule is CCC(CO)(CO)NCc1cccc(O)c1O. The minimum atomic E-state index is -0.766. The molecule has 0 aliphatic heterocycles. The molecule has 0 aromatic heterocycles. The van der Waals surface area contributed by atoms with Crippen molar-refractivity contribution < 1.29 is 20.4 Å². The van der Waals surface area contributed by atoms with E-state index in [2.05, 4.69) is 5.32 Å². The van der Waals surface area contributed by atoms with E-state index in [1.165, 1.54) is 6.07 Å². The van der Waals surface area contributed by atoms with Crippen molar-refractivity contribution in [2.24, 2.45) is 0 Å². The van der Waals surface area contributed by atoms with Crippen molar-refractivity contribution >= 4 is 0 Å². The van der Waals surface area contributed by atoms with Gasteiger partial charge in [0.25, 0.3) is 0 Å². The maximum atomic E-state index is 9.60. The van der Waals surface area contributed by atoms with Crippen molar-refractivity contribution in [3.05, 3.63) is 23.8 Å². The fourth-order valence-corrected chi connectivity index (χ4v) is 1.51. The van der Waals surface area contributed by atoms with Gasteiger partial charge < -0.3 is 25.7 Å². The minimum Gasteiger partial charge on any atom is -0.504 e. The van der Waals surface area contributed by atoms with Gasteiger partial charge in [0, 0.05) is 12.1 Å². The van der Waals surface area contributed by atoms with E-state index in [0.29, 0.717) is 12.0 Å². The second kappa shape index (κ2) is 5.86. The second-order valence-corrected chi connectivity index (χ2v) is 4.09. The zero-order valence-electron chi connectivity index (χ0n) is 9.85. The summed E-state index contributed by atoms with van der Waals surface area (Å²) >= 11 is 0. The molecule has 0 saturated heterocycles. The maximum absolute atomic E-state index is 9.60. The number of phenols is 2. The van der Waals surface area contributed by atoms with Crippen LogP contribution in [0.1, 0.15) is 18.9 Å². The molecule has 1 rings (SSSR count). The number of hydrogen-bond acceptors (Lipinski definition) is 5. The molecule has 5 N–H and O–H groups in total. The molecule has 0 unspecified atom stereocenters. The van der Waals surface area contributed by atoms with Crippen LogP contribution in [0.3, 0.4) is 0 Å². The van der Waals surface area contributed by atoms with Crippen LogP contribution >= 0.6 is 0 Å². The maximum Gasteiger partial charge on any atom is 0.161 e. The summed E-state index contributed by atoms with van der Waals surface area (Å²) in [5.74, 6) is -0.361. The van der Waals surface area contributed by atoms with Crippen LogP contribution in [0.4, 0.5) is 0 Å². The van der Waals surface area contributed by atoms with E-state index in [4.69, 9.17) is 0 Å². The van der Waals surface area contributed by atoms with Crippen molar-refractivity contribution in [3.8, 4) is 11.5 Å². The van der Waals surface area contributed by atoms with E-state index in [1.54, 1.807) is 12.1 Å². The lowest BCUT2D eigenvalue weighted by Crippen LogP contribution is -2.50. The summed E-state index contributed by atoms with van der Waals surface area (Å²) in [5.41, 5.74) is -0.248. The van der Waals surface area contributed by atoms with E-state index < -0.39 is 5.54 Å². The summed E-state index contributed by atoms with van der Waals surface area (Å²) in [6, 6.07) is 4.68. The van der Waals surface area contributed by atoms with E-state index in [9.17, 15) is 20.4 Å². The molecule has 0 saturated carbocycles. The Hall–Kier alpha value is -1.30. The topological polar surface area (TPSA) is 93.0 Å². The highest BCUT2D eigenvalue weighted by molar-refractivity contribution is 5.44. The van der Waals surface area contributed by atoms with E-state index in [-0.39, 0.29) is 31.3 Å². The fraction of sp³-hybridized carbons (Fsp3) is 0.500. The smallest absolute Gasteiger partial charge is 0.161 e. The van der Waals surface area contributed by atoms with E-state index >= 15 is 0 Å². The number of para-hydroxylation sites is 1. The predicted octanol–water partition coefficient (Wildman–Crippen LogP) is 0.321. The van der Waals surface area contributed by atoms with E-state index in [1.807, 2.05) is 6.92 Å². The van der Waals surface area contributed by atoms with Crippen LogP contribution in [0.25, 0.3) is 0 Å². The minimum absolute atomic E-state index is 0.180. The molecule has 0 heterocycles. The van der Waals surface area contributed by atoms with Gasteiger partial charge in [-0.15, -0.1) is 0 Å². The average Bonchev–Trinajstić information content (AvgIpc) is 2.36. The molecule has 0 aliphatic rings. The van der Waals surface area contributed by atoms with Crippen molar-refractivity contribution in [1.29, 1.82) is 0 Å². The highest BCUT2D eigenvalue weighted by Crippen LogP contribution is 2.28. The highest BCUT2D eigenvalue weighted by Gasteiger charge is 2.26. The van der Waals surface area contributed by atoms with Crippen molar-refractivity contribution in [1.82, 2.24) is 5.32 Å². The van der Waals surface area contributed by atoms with Crippen molar-refractivity contribution in [2.45, 2.75) is 25.4 Å². The van der Waals surface area contributed by atoms with Crippen LogP contribution < -0.4 is 5.32 Å².